The fourth-order valence-corrected chi connectivity index (χ4v) is 7.32. The largest absolute Gasteiger partial charge is 0.386 e. The molecule has 0 aliphatic carbocycles. The quantitative estimate of drug-likeness (QED) is 0.116. The zero-order valence-electron chi connectivity index (χ0n) is 28.6. The molecule has 6 nitrogen and oxygen atoms in total. The van der Waals surface area contributed by atoms with Gasteiger partial charge in [0.15, 0.2) is 0 Å². The van der Waals surface area contributed by atoms with E-state index in [1.165, 1.54) is 0 Å². The molecule has 50 heavy (non-hydrogen) atoms. The average molecular weight is 738 g/mol. The van der Waals surface area contributed by atoms with E-state index in [1.54, 1.807) is 0 Å². The van der Waals surface area contributed by atoms with Crippen molar-refractivity contribution in [3.05, 3.63) is 177 Å². The molecule has 0 amide bonds. The third-order valence-corrected chi connectivity index (χ3v) is 9.54. The molecular weight excluding hydrogens is 692 g/mol. The predicted molar refractivity (Wildman–Crippen MR) is 198 cm³/mol. The summed E-state index contributed by atoms with van der Waals surface area (Å²) in [4.78, 5) is 0. The summed E-state index contributed by atoms with van der Waals surface area (Å²) >= 11 is 3.62. The molecule has 6 atom stereocenters. The SMILES string of the molecule is Cc1cc(Br)cc(C)c1[C@H](O)[C@H]1OC(COCc2ccccc2)[C@@H](OCc2ccccc2)C(OCc2ccccc2)C1OCc1ccccc1. The normalized spacial score (nSPS) is 21.2. The Morgan fingerprint density at radius 1 is 0.580 bits per heavy atom. The van der Waals surface area contributed by atoms with Gasteiger partial charge >= 0.3 is 0 Å². The summed E-state index contributed by atoms with van der Waals surface area (Å²) in [7, 11) is 0. The number of aliphatic hydroxyl groups is 1. The van der Waals surface area contributed by atoms with Crippen molar-refractivity contribution >= 4 is 15.9 Å². The minimum absolute atomic E-state index is 0.229. The zero-order chi connectivity index (χ0) is 34.7. The Labute approximate surface area is 304 Å². The van der Waals surface area contributed by atoms with Crippen LogP contribution in [-0.2, 0) is 50.1 Å². The van der Waals surface area contributed by atoms with E-state index in [9.17, 15) is 5.11 Å². The van der Waals surface area contributed by atoms with Gasteiger partial charge in [-0.1, -0.05) is 137 Å². The lowest BCUT2D eigenvalue weighted by Gasteiger charge is -2.47. The maximum atomic E-state index is 12.3. The van der Waals surface area contributed by atoms with Crippen molar-refractivity contribution in [1.82, 2.24) is 0 Å². The van der Waals surface area contributed by atoms with Gasteiger partial charge in [-0.3, -0.25) is 0 Å². The molecule has 0 radical (unpaired) electrons. The molecule has 0 bridgehead atoms. The summed E-state index contributed by atoms with van der Waals surface area (Å²) in [6.07, 6.45) is -4.26. The lowest BCUT2D eigenvalue weighted by Crippen LogP contribution is -2.62. The molecule has 5 aromatic rings. The zero-order valence-corrected chi connectivity index (χ0v) is 30.2. The third-order valence-electron chi connectivity index (χ3n) is 9.08. The maximum Gasteiger partial charge on any atom is 0.117 e. The fourth-order valence-electron chi connectivity index (χ4n) is 6.63. The molecule has 1 aliphatic heterocycles. The highest BCUT2D eigenvalue weighted by Crippen LogP contribution is 2.38. The summed E-state index contributed by atoms with van der Waals surface area (Å²) < 4.78 is 34.6. The van der Waals surface area contributed by atoms with Gasteiger partial charge in [-0.25, -0.2) is 0 Å². The number of ether oxygens (including phenoxy) is 5. The van der Waals surface area contributed by atoms with Crippen molar-refractivity contribution in [2.75, 3.05) is 6.61 Å². The maximum absolute atomic E-state index is 12.3. The van der Waals surface area contributed by atoms with E-state index in [2.05, 4.69) is 15.9 Å². The Bertz CT molecular complexity index is 1710. The first kappa shape index (κ1) is 36.1. The van der Waals surface area contributed by atoms with Crippen LogP contribution < -0.4 is 0 Å². The highest BCUT2D eigenvalue weighted by Gasteiger charge is 2.51. The van der Waals surface area contributed by atoms with Crippen molar-refractivity contribution in [3.63, 3.8) is 0 Å². The first-order valence-corrected chi connectivity index (χ1v) is 17.9. The Morgan fingerprint density at radius 2 is 0.980 bits per heavy atom. The molecule has 7 heteroatoms. The van der Waals surface area contributed by atoms with Crippen LogP contribution in [-0.4, -0.2) is 42.2 Å². The lowest BCUT2D eigenvalue weighted by atomic mass is 9.86. The molecule has 1 saturated heterocycles. The van der Waals surface area contributed by atoms with Crippen LogP contribution >= 0.6 is 15.9 Å². The van der Waals surface area contributed by atoms with Gasteiger partial charge in [-0.15, -0.1) is 0 Å². The molecule has 5 aromatic carbocycles. The highest BCUT2D eigenvalue weighted by molar-refractivity contribution is 9.10. The molecule has 1 fully saturated rings. The highest BCUT2D eigenvalue weighted by atomic mass is 79.9. The van der Waals surface area contributed by atoms with Gasteiger partial charge in [0, 0.05) is 4.47 Å². The van der Waals surface area contributed by atoms with Crippen LogP contribution in [0.4, 0.5) is 0 Å². The molecule has 6 rings (SSSR count). The fraction of sp³-hybridized carbons (Fsp3) is 0.302. The molecule has 0 saturated carbocycles. The summed E-state index contributed by atoms with van der Waals surface area (Å²) in [5.41, 5.74) is 6.84. The second-order valence-electron chi connectivity index (χ2n) is 12.8. The standard InChI is InChI=1S/C43H45BrO6/c1-30-23-36(44)24-31(2)38(30)39(45)41-43(49-28-35-21-13-6-14-22-35)42(48-27-34-19-11-5-12-20-34)40(47-26-33-17-9-4-10-18-33)37(50-41)29-46-25-32-15-7-3-8-16-32/h3-24,37,39-43,45H,25-29H2,1-2H3/t37?,39-,40+,41+,42?,43?/m0/s1. The van der Waals surface area contributed by atoms with Crippen molar-refractivity contribution in [2.24, 2.45) is 0 Å². The minimum Gasteiger partial charge on any atom is -0.386 e. The van der Waals surface area contributed by atoms with Crippen molar-refractivity contribution in [2.45, 2.75) is 76.9 Å². The van der Waals surface area contributed by atoms with E-state index < -0.39 is 36.6 Å². The average Bonchev–Trinajstić information content (AvgIpc) is 3.14. The summed E-state index contributed by atoms with van der Waals surface area (Å²) in [6.45, 7) is 5.64. The van der Waals surface area contributed by atoms with Crippen LogP contribution in [0.5, 0.6) is 0 Å². The molecular formula is C43H45BrO6. The first-order valence-electron chi connectivity index (χ1n) is 17.1. The molecule has 1 aliphatic rings. The van der Waals surface area contributed by atoms with E-state index >= 15 is 0 Å². The molecule has 260 valence electrons. The second-order valence-corrected chi connectivity index (χ2v) is 13.7. The molecule has 0 aromatic heterocycles. The van der Waals surface area contributed by atoms with Crippen LogP contribution in [0.2, 0.25) is 0 Å². The lowest BCUT2D eigenvalue weighted by molar-refractivity contribution is -0.287. The second kappa shape index (κ2) is 18.0. The van der Waals surface area contributed by atoms with Gasteiger partial charge in [0.2, 0.25) is 0 Å². The Kier molecular flexibility index (Phi) is 13.0. The number of aliphatic hydroxyl groups excluding tert-OH is 1. The Morgan fingerprint density at radius 3 is 1.44 bits per heavy atom. The van der Waals surface area contributed by atoms with E-state index in [0.717, 1.165) is 43.4 Å². The van der Waals surface area contributed by atoms with Crippen LogP contribution in [0.3, 0.4) is 0 Å². The van der Waals surface area contributed by atoms with Gasteiger partial charge in [0.05, 0.1) is 33.0 Å². The molecule has 1 heterocycles. The first-order chi connectivity index (χ1) is 24.5. The topological polar surface area (TPSA) is 66.4 Å². The van der Waals surface area contributed by atoms with E-state index in [-0.39, 0.29) is 6.61 Å². The molecule has 3 unspecified atom stereocenters. The number of halogens is 1. The summed E-state index contributed by atoms with van der Waals surface area (Å²) in [5.74, 6) is 0. The van der Waals surface area contributed by atoms with Crippen molar-refractivity contribution in [3.8, 4) is 0 Å². The Balaban J connectivity index is 1.38. The number of hydrogen-bond acceptors (Lipinski definition) is 6. The van der Waals surface area contributed by atoms with Crippen LogP contribution in [0.1, 0.15) is 45.0 Å². The predicted octanol–water partition coefficient (Wildman–Crippen LogP) is 8.84. The molecule has 1 N–H and O–H groups in total. The van der Waals surface area contributed by atoms with Crippen LogP contribution in [0.15, 0.2) is 138 Å². The van der Waals surface area contributed by atoms with E-state index in [0.29, 0.717) is 26.4 Å². The van der Waals surface area contributed by atoms with Crippen LogP contribution in [0, 0.1) is 13.8 Å². The van der Waals surface area contributed by atoms with Gasteiger partial charge in [-0.2, -0.15) is 0 Å². The number of aryl methyl sites for hydroxylation is 2. The van der Waals surface area contributed by atoms with Gasteiger partial charge in [0.25, 0.3) is 0 Å². The smallest absolute Gasteiger partial charge is 0.117 e. The van der Waals surface area contributed by atoms with E-state index in [4.69, 9.17) is 23.7 Å². The number of benzene rings is 5. The van der Waals surface area contributed by atoms with Crippen molar-refractivity contribution in [1.29, 1.82) is 0 Å². The van der Waals surface area contributed by atoms with Crippen LogP contribution in [0.25, 0.3) is 0 Å². The summed E-state index contributed by atoms with van der Waals surface area (Å²) in [5, 5.41) is 12.3. The van der Waals surface area contributed by atoms with Gasteiger partial charge in [0.1, 0.15) is 36.6 Å². The molecule has 0 spiro atoms. The number of rotatable bonds is 15. The third kappa shape index (κ3) is 9.56. The monoisotopic (exact) mass is 736 g/mol. The van der Waals surface area contributed by atoms with Crippen molar-refractivity contribution < 1.29 is 28.8 Å². The summed E-state index contributed by atoms with van der Waals surface area (Å²) in [6, 6.07) is 44.3. The van der Waals surface area contributed by atoms with Gasteiger partial charge < -0.3 is 28.8 Å². The number of hydrogen-bond donors (Lipinski definition) is 1. The Hall–Kier alpha value is -3.66. The minimum atomic E-state index is -1.02. The van der Waals surface area contributed by atoms with Gasteiger partial charge in [-0.05, 0) is 64.9 Å². The van der Waals surface area contributed by atoms with E-state index in [1.807, 2.05) is 147 Å².